The van der Waals surface area contributed by atoms with Crippen LogP contribution in [0.1, 0.15) is 32.4 Å². The highest BCUT2D eigenvalue weighted by Crippen LogP contribution is 2.46. The summed E-state index contributed by atoms with van der Waals surface area (Å²) in [6.45, 7) is 5.36. The molecule has 4 rings (SSSR count). The number of anilines is 1. The van der Waals surface area contributed by atoms with E-state index in [4.69, 9.17) is 4.74 Å². The highest BCUT2D eigenvalue weighted by Gasteiger charge is 2.47. The number of aliphatic hydroxyl groups excluding tert-OH is 1. The molecule has 3 aromatic rings. The maximum absolute atomic E-state index is 13.4. The second-order valence-electron chi connectivity index (χ2n) is 8.83. The zero-order chi connectivity index (χ0) is 22.5. The number of para-hydroxylation sites is 1. The van der Waals surface area contributed by atoms with Crippen LogP contribution in [-0.4, -0.2) is 28.5 Å². The molecule has 0 radical (unpaired) electrons. The largest absolute Gasteiger partial charge is 0.503 e. The molecule has 0 fully saturated rings. The summed E-state index contributed by atoms with van der Waals surface area (Å²) in [5.41, 5.74) is 1.66. The van der Waals surface area contributed by atoms with E-state index in [0.717, 1.165) is 16.5 Å². The van der Waals surface area contributed by atoms with Crippen molar-refractivity contribution < 1.29 is 19.4 Å². The van der Waals surface area contributed by atoms with Crippen LogP contribution in [0.25, 0.3) is 10.9 Å². The Bertz CT molecular complexity index is 1230. The zero-order valence-corrected chi connectivity index (χ0v) is 18.3. The molecule has 6 nitrogen and oxygen atoms in total. The standard InChI is InChI=1S/C25H26N2O4/c1-25(2,3)23(29)20-21(18-14-26(4)19-12-7-6-11-17(18)19)27(24(30)22(20)28)15-9-8-10-16(13-15)31-5/h6-14,21,28H,1-5H3. The normalized spacial score (nSPS) is 17.0. The Hall–Kier alpha value is -3.54. The number of ether oxygens (including phenoxy) is 1. The first-order valence-electron chi connectivity index (χ1n) is 10.1. The molecule has 1 aromatic heterocycles. The lowest BCUT2D eigenvalue weighted by molar-refractivity contribution is -0.123. The summed E-state index contributed by atoms with van der Waals surface area (Å²) in [6, 6.07) is 14.1. The van der Waals surface area contributed by atoms with Gasteiger partial charge in [-0.1, -0.05) is 45.0 Å². The maximum Gasteiger partial charge on any atom is 0.294 e. The Morgan fingerprint density at radius 1 is 1.10 bits per heavy atom. The number of aliphatic hydroxyl groups is 1. The van der Waals surface area contributed by atoms with Gasteiger partial charge in [-0.15, -0.1) is 0 Å². The van der Waals surface area contributed by atoms with Gasteiger partial charge in [0.2, 0.25) is 0 Å². The van der Waals surface area contributed by atoms with E-state index in [-0.39, 0.29) is 11.4 Å². The quantitative estimate of drug-likeness (QED) is 0.667. The van der Waals surface area contributed by atoms with E-state index in [9.17, 15) is 14.7 Å². The van der Waals surface area contributed by atoms with Crippen LogP contribution in [0.5, 0.6) is 5.75 Å². The number of nitrogens with zero attached hydrogens (tertiary/aromatic N) is 2. The Balaban J connectivity index is 1.99. The van der Waals surface area contributed by atoms with E-state index >= 15 is 0 Å². The number of fused-ring (bicyclic) bond motifs is 1. The topological polar surface area (TPSA) is 71.8 Å². The predicted octanol–water partition coefficient (Wildman–Crippen LogP) is 4.70. The summed E-state index contributed by atoms with van der Waals surface area (Å²) in [5, 5.41) is 11.8. The smallest absolute Gasteiger partial charge is 0.294 e. The number of Topliss-reactive ketones (excluding diaryl/α,β-unsaturated/α-hetero) is 1. The van der Waals surface area contributed by atoms with Crippen LogP contribution in [0.2, 0.25) is 0 Å². The number of rotatable bonds is 4. The summed E-state index contributed by atoms with van der Waals surface area (Å²) in [6.07, 6.45) is 1.92. The molecule has 1 aliphatic rings. The van der Waals surface area contributed by atoms with E-state index in [1.165, 1.54) is 4.90 Å². The number of aryl methyl sites for hydroxylation is 1. The predicted molar refractivity (Wildman–Crippen MR) is 120 cm³/mol. The van der Waals surface area contributed by atoms with Gasteiger partial charge in [0.1, 0.15) is 5.75 Å². The third-order valence-corrected chi connectivity index (χ3v) is 5.69. The van der Waals surface area contributed by atoms with E-state index in [1.807, 2.05) is 42.1 Å². The van der Waals surface area contributed by atoms with Gasteiger partial charge in [-0.05, 0) is 18.2 Å². The molecule has 1 N–H and O–H groups in total. The average molecular weight is 418 g/mol. The molecule has 1 unspecified atom stereocenters. The number of aromatic nitrogens is 1. The van der Waals surface area contributed by atoms with Crippen molar-refractivity contribution in [3.63, 3.8) is 0 Å². The minimum absolute atomic E-state index is 0.122. The third-order valence-electron chi connectivity index (χ3n) is 5.69. The van der Waals surface area contributed by atoms with Crippen molar-refractivity contribution in [3.8, 4) is 5.75 Å². The molecule has 0 bridgehead atoms. The van der Waals surface area contributed by atoms with Gasteiger partial charge in [0, 0.05) is 46.9 Å². The molecule has 0 saturated carbocycles. The SMILES string of the molecule is COc1cccc(N2C(=O)C(O)=C(C(=O)C(C)(C)C)C2c2cn(C)c3ccccc23)c1. The van der Waals surface area contributed by atoms with E-state index < -0.39 is 23.1 Å². The summed E-state index contributed by atoms with van der Waals surface area (Å²) in [7, 11) is 3.48. The molecule has 0 spiro atoms. The van der Waals surface area contributed by atoms with Crippen molar-refractivity contribution in [1.82, 2.24) is 4.57 Å². The molecule has 2 heterocycles. The van der Waals surface area contributed by atoms with Gasteiger partial charge in [-0.3, -0.25) is 14.5 Å². The first-order chi connectivity index (χ1) is 14.6. The number of methoxy groups -OCH3 is 1. The minimum atomic E-state index is -0.767. The summed E-state index contributed by atoms with van der Waals surface area (Å²) < 4.78 is 7.30. The number of hydrogen-bond acceptors (Lipinski definition) is 4. The van der Waals surface area contributed by atoms with E-state index in [2.05, 4.69) is 0 Å². The monoisotopic (exact) mass is 418 g/mol. The molecule has 0 aliphatic carbocycles. The second-order valence-corrected chi connectivity index (χ2v) is 8.83. The summed E-state index contributed by atoms with van der Waals surface area (Å²) >= 11 is 0. The number of benzene rings is 2. The lowest BCUT2D eigenvalue weighted by Gasteiger charge is -2.28. The Labute approximate surface area is 181 Å². The molecule has 1 atom stereocenters. The molecule has 1 aliphatic heterocycles. The van der Waals surface area contributed by atoms with Crippen molar-refractivity contribution in [2.24, 2.45) is 12.5 Å². The van der Waals surface area contributed by atoms with Crippen LogP contribution in [0.3, 0.4) is 0 Å². The van der Waals surface area contributed by atoms with Crippen molar-refractivity contribution in [1.29, 1.82) is 0 Å². The minimum Gasteiger partial charge on any atom is -0.503 e. The first-order valence-corrected chi connectivity index (χ1v) is 10.1. The second kappa shape index (κ2) is 7.30. The highest BCUT2D eigenvalue weighted by molar-refractivity contribution is 6.18. The molecular weight excluding hydrogens is 392 g/mol. The van der Waals surface area contributed by atoms with Crippen molar-refractivity contribution in [3.05, 3.63) is 71.6 Å². The Kier molecular flexibility index (Phi) is 4.88. The third kappa shape index (κ3) is 3.28. The van der Waals surface area contributed by atoms with E-state index in [0.29, 0.717) is 11.4 Å². The lowest BCUT2D eigenvalue weighted by Crippen LogP contribution is -2.32. The van der Waals surface area contributed by atoms with Gasteiger partial charge >= 0.3 is 0 Å². The molecule has 1 amide bonds. The summed E-state index contributed by atoms with van der Waals surface area (Å²) in [5.74, 6) is -0.779. The van der Waals surface area contributed by atoms with Crippen LogP contribution in [0.15, 0.2) is 66.1 Å². The van der Waals surface area contributed by atoms with Gasteiger partial charge < -0.3 is 14.4 Å². The number of ketones is 1. The van der Waals surface area contributed by atoms with Crippen molar-refractivity contribution >= 4 is 28.3 Å². The maximum atomic E-state index is 13.4. The van der Waals surface area contributed by atoms with Gasteiger partial charge in [-0.25, -0.2) is 0 Å². The highest BCUT2D eigenvalue weighted by atomic mass is 16.5. The Morgan fingerprint density at radius 3 is 2.48 bits per heavy atom. The van der Waals surface area contributed by atoms with Crippen molar-refractivity contribution in [2.75, 3.05) is 12.0 Å². The van der Waals surface area contributed by atoms with Crippen LogP contribution in [0, 0.1) is 5.41 Å². The molecule has 0 saturated heterocycles. The van der Waals surface area contributed by atoms with Gasteiger partial charge in [0.15, 0.2) is 11.5 Å². The van der Waals surface area contributed by atoms with E-state index in [1.54, 1.807) is 52.1 Å². The van der Waals surface area contributed by atoms with Crippen LogP contribution in [-0.2, 0) is 16.6 Å². The number of carbonyl (C=O) groups is 2. The molecular formula is C25H26N2O4. The van der Waals surface area contributed by atoms with Crippen LogP contribution in [0.4, 0.5) is 5.69 Å². The first kappa shape index (κ1) is 20.7. The van der Waals surface area contributed by atoms with Gasteiger partial charge in [0.05, 0.1) is 18.7 Å². The zero-order valence-electron chi connectivity index (χ0n) is 18.3. The van der Waals surface area contributed by atoms with Crippen LogP contribution < -0.4 is 9.64 Å². The fourth-order valence-corrected chi connectivity index (χ4v) is 4.15. The molecule has 6 heteroatoms. The molecule has 2 aromatic carbocycles. The molecule has 160 valence electrons. The molecule has 31 heavy (non-hydrogen) atoms. The van der Waals surface area contributed by atoms with Crippen LogP contribution >= 0.6 is 0 Å². The van der Waals surface area contributed by atoms with Crippen molar-refractivity contribution in [2.45, 2.75) is 26.8 Å². The average Bonchev–Trinajstić information content (AvgIpc) is 3.21. The number of hydrogen-bond donors (Lipinski definition) is 1. The summed E-state index contributed by atoms with van der Waals surface area (Å²) in [4.78, 5) is 28.2. The van der Waals surface area contributed by atoms with Gasteiger partial charge in [0.25, 0.3) is 5.91 Å². The fraction of sp³-hybridized carbons (Fsp3) is 0.280. The Morgan fingerprint density at radius 2 is 1.81 bits per heavy atom. The fourth-order valence-electron chi connectivity index (χ4n) is 4.15. The number of amides is 1. The lowest BCUT2D eigenvalue weighted by atomic mass is 9.82. The van der Waals surface area contributed by atoms with Gasteiger partial charge in [-0.2, -0.15) is 0 Å². The number of carbonyl (C=O) groups excluding carboxylic acids is 2.